The molecule has 0 heterocycles. The maximum absolute atomic E-state index is 12.4. The van der Waals surface area contributed by atoms with Gasteiger partial charge in [0.2, 0.25) is 5.91 Å². The minimum atomic E-state index is 0.284. The van der Waals surface area contributed by atoms with Crippen molar-refractivity contribution in [1.29, 1.82) is 0 Å². The molecule has 4 aliphatic carbocycles. The molecular formula is C29H47NO2. The summed E-state index contributed by atoms with van der Waals surface area (Å²) in [5.41, 5.74) is 2.25. The van der Waals surface area contributed by atoms with Crippen LogP contribution in [0.3, 0.4) is 0 Å². The van der Waals surface area contributed by atoms with Gasteiger partial charge in [0.05, 0.1) is 0 Å². The third-order valence-electron chi connectivity index (χ3n) is 10.9. The second-order valence-corrected chi connectivity index (χ2v) is 12.1. The first-order valence-electron chi connectivity index (χ1n) is 13.8. The number of allylic oxidation sites excluding steroid dienone is 1. The van der Waals surface area contributed by atoms with Crippen molar-refractivity contribution >= 4 is 11.7 Å². The first-order valence-corrected chi connectivity index (χ1v) is 13.8. The minimum absolute atomic E-state index is 0.284. The summed E-state index contributed by atoms with van der Waals surface area (Å²) >= 11 is 0. The number of carbonyl (C=O) groups excluding carboxylic acids is 2. The zero-order valence-electron chi connectivity index (χ0n) is 21.4. The number of hydrogen-bond acceptors (Lipinski definition) is 2. The molecule has 3 heteroatoms. The summed E-state index contributed by atoms with van der Waals surface area (Å²) in [6, 6.07) is 0. The van der Waals surface area contributed by atoms with Crippen LogP contribution in [0.25, 0.3) is 0 Å². The molecule has 0 radical (unpaired) electrons. The Kier molecular flexibility index (Phi) is 6.95. The van der Waals surface area contributed by atoms with Gasteiger partial charge in [0.1, 0.15) is 0 Å². The smallest absolute Gasteiger partial charge is 0.222 e. The van der Waals surface area contributed by atoms with Crippen molar-refractivity contribution in [1.82, 2.24) is 4.90 Å². The summed E-state index contributed by atoms with van der Waals surface area (Å²) in [5.74, 6) is 4.74. The number of hydrogen-bond donors (Lipinski definition) is 0. The number of rotatable bonds is 7. The molecule has 0 aromatic heterocycles. The monoisotopic (exact) mass is 441 g/mol. The van der Waals surface area contributed by atoms with Crippen LogP contribution in [0.2, 0.25) is 0 Å². The molecule has 3 saturated carbocycles. The van der Waals surface area contributed by atoms with Gasteiger partial charge in [0.25, 0.3) is 0 Å². The number of nitrogens with zero attached hydrogens (tertiary/aromatic N) is 1. The molecule has 0 aromatic carbocycles. The highest BCUT2D eigenvalue weighted by atomic mass is 16.2. The van der Waals surface area contributed by atoms with Crippen LogP contribution >= 0.6 is 0 Å². The Balaban J connectivity index is 1.40. The molecule has 0 aliphatic heterocycles. The van der Waals surface area contributed by atoms with Crippen molar-refractivity contribution < 1.29 is 9.59 Å². The lowest BCUT2D eigenvalue weighted by atomic mass is 9.46. The molecule has 0 bridgehead atoms. The predicted octanol–water partition coefficient (Wildman–Crippen LogP) is 6.81. The summed E-state index contributed by atoms with van der Waals surface area (Å²) in [6.07, 6.45) is 14.8. The zero-order valence-corrected chi connectivity index (χ0v) is 21.4. The van der Waals surface area contributed by atoms with Crippen LogP contribution in [0.15, 0.2) is 11.6 Å². The second kappa shape index (κ2) is 9.26. The Bertz CT molecular complexity index is 752. The third kappa shape index (κ3) is 4.00. The molecule has 4 rings (SSSR count). The molecule has 0 saturated heterocycles. The van der Waals surface area contributed by atoms with Crippen LogP contribution in [0, 0.1) is 40.4 Å². The van der Waals surface area contributed by atoms with Crippen LogP contribution in [-0.2, 0) is 9.59 Å². The number of ketones is 1. The fourth-order valence-corrected chi connectivity index (χ4v) is 9.05. The number of fused-ring (bicyclic) bond motifs is 5. The van der Waals surface area contributed by atoms with Gasteiger partial charge in [-0.25, -0.2) is 0 Å². The summed E-state index contributed by atoms with van der Waals surface area (Å²) in [6.45, 7) is 13.4. The molecule has 180 valence electrons. The number of amides is 1. The van der Waals surface area contributed by atoms with Crippen LogP contribution < -0.4 is 0 Å². The first kappa shape index (κ1) is 24.0. The van der Waals surface area contributed by atoms with Gasteiger partial charge in [-0.05, 0) is 118 Å². The highest BCUT2D eigenvalue weighted by molar-refractivity contribution is 5.91. The van der Waals surface area contributed by atoms with Crippen LogP contribution in [0.4, 0.5) is 0 Å². The quantitative estimate of drug-likeness (QED) is 0.435. The van der Waals surface area contributed by atoms with Crippen LogP contribution in [0.1, 0.15) is 105 Å². The molecule has 0 aromatic rings. The van der Waals surface area contributed by atoms with E-state index in [1.165, 1.54) is 44.1 Å². The van der Waals surface area contributed by atoms with Gasteiger partial charge in [-0.3, -0.25) is 9.59 Å². The lowest BCUT2D eigenvalue weighted by molar-refractivity contribution is -0.131. The van der Waals surface area contributed by atoms with E-state index >= 15 is 0 Å². The fraction of sp³-hybridized carbons (Fsp3) is 0.862. The molecular weight excluding hydrogens is 394 g/mol. The first-order chi connectivity index (χ1) is 15.2. The highest BCUT2D eigenvalue weighted by Gasteiger charge is 2.59. The highest BCUT2D eigenvalue weighted by Crippen LogP contribution is 2.67. The zero-order chi connectivity index (χ0) is 23.1. The van der Waals surface area contributed by atoms with E-state index in [1.54, 1.807) is 0 Å². The summed E-state index contributed by atoms with van der Waals surface area (Å²) in [4.78, 5) is 26.5. The van der Waals surface area contributed by atoms with Crippen molar-refractivity contribution in [3.05, 3.63) is 11.6 Å². The van der Waals surface area contributed by atoms with E-state index in [0.29, 0.717) is 23.0 Å². The largest absolute Gasteiger partial charge is 0.343 e. The Hall–Kier alpha value is -1.12. The van der Waals surface area contributed by atoms with E-state index < -0.39 is 0 Å². The third-order valence-corrected chi connectivity index (χ3v) is 10.9. The van der Waals surface area contributed by atoms with Crippen LogP contribution in [0.5, 0.6) is 0 Å². The lowest BCUT2D eigenvalue weighted by Crippen LogP contribution is -2.50. The van der Waals surface area contributed by atoms with Gasteiger partial charge < -0.3 is 4.90 Å². The van der Waals surface area contributed by atoms with E-state index in [2.05, 4.69) is 34.6 Å². The molecule has 4 aliphatic rings. The average molecular weight is 442 g/mol. The van der Waals surface area contributed by atoms with Crippen molar-refractivity contribution in [3.63, 3.8) is 0 Å². The lowest BCUT2D eigenvalue weighted by Gasteiger charge is -2.58. The van der Waals surface area contributed by atoms with E-state index in [9.17, 15) is 9.59 Å². The average Bonchev–Trinajstić information content (AvgIpc) is 3.12. The molecule has 7 atom stereocenters. The second-order valence-electron chi connectivity index (χ2n) is 12.1. The molecule has 0 N–H and O–H groups in total. The van der Waals surface area contributed by atoms with Gasteiger partial charge in [0, 0.05) is 25.9 Å². The Labute approximate surface area is 196 Å². The SMILES string of the molecule is CCN(CC)C(=O)CCC[C@@H](C)[C@H]1CC[C@H]2[C@@H]3CCC4=CC(=O)CC[C@]4(C)[C@H]3CC[C@]12C. The Morgan fingerprint density at radius 3 is 2.53 bits per heavy atom. The van der Waals surface area contributed by atoms with Crippen molar-refractivity contribution in [3.8, 4) is 0 Å². The van der Waals surface area contributed by atoms with Gasteiger partial charge >= 0.3 is 0 Å². The Morgan fingerprint density at radius 1 is 1.06 bits per heavy atom. The van der Waals surface area contributed by atoms with E-state index in [4.69, 9.17) is 0 Å². The summed E-state index contributed by atoms with van der Waals surface area (Å²) < 4.78 is 0. The molecule has 1 amide bonds. The Morgan fingerprint density at radius 2 is 1.81 bits per heavy atom. The van der Waals surface area contributed by atoms with Crippen molar-refractivity contribution in [2.24, 2.45) is 40.4 Å². The fourth-order valence-electron chi connectivity index (χ4n) is 9.05. The normalized spacial score (nSPS) is 39.5. The molecule has 3 fully saturated rings. The topological polar surface area (TPSA) is 37.4 Å². The van der Waals surface area contributed by atoms with Gasteiger partial charge in [-0.15, -0.1) is 0 Å². The van der Waals surface area contributed by atoms with Gasteiger partial charge in [-0.1, -0.05) is 26.3 Å². The van der Waals surface area contributed by atoms with E-state index in [1.807, 2.05) is 11.0 Å². The van der Waals surface area contributed by atoms with Crippen LogP contribution in [-0.4, -0.2) is 29.7 Å². The summed E-state index contributed by atoms with van der Waals surface area (Å²) in [7, 11) is 0. The van der Waals surface area contributed by atoms with Crippen molar-refractivity contribution in [2.45, 2.75) is 105 Å². The molecule has 0 unspecified atom stereocenters. The molecule has 32 heavy (non-hydrogen) atoms. The predicted molar refractivity (Wildman–Crippen MR) is 131 cm³/mol. The molecule has 3 nitrogen and oxygen atoms in total. The van der Waals surface area contributed by atoms with E-state index in [-0.39, 0.29) is 5.41 Å². The van der Waals surface area contributed by atoms with E-state index in [0.717, 1.165) is 68.9 Å². The van der Waals surface area contributed by atoms with Gasteiger partial charge in [0.15, 0.2) is 5.78 Å². The maximum Gasteiger partial charge on any atom is 0.222 e. The summed E-state index contributed by atoms with van der Waals surface area (Å²) in [5, 5.41) is 0. The minimum Gasteiger partial charge on any atom is -0.343 e. The standard InChI is InChI=1S/C29H47NO2/c1-6-30(7-2)27(32)10-8-9-20(3)24-13-14-25-23-12-11-21-19-22(31)15-17-28(21,4)26(23)16-18-29(24,25)5/h19-20,23-26H,6-18H2,1-5H3/t20-,23+,24-,25+,26+,28+,29-/m1/s1. The van der Waals surface area contributed by atoms with Gasteiger partial charge in [-0.2, -0.15) is 0 Å². The number of carbonyl (C=O) groups is 2. The van der Waals surface area contributed by atoms with Crippen molar-refractivity contribution in [2.75, 3.05) is 13.1 Å². The maximum atomic E-state index is 12.4. The molecule has 0 spiro atoms.